The molecule has 0 saturated carbocycles. The first-order valence-electron chi connectivity index (χ1n) is 4.72. The second-order valence-electron chi connectivity index (χ2n) is 3.25. The SMILES string of the molecule is O=C(Nc1cc(Br)ccn1)c1cncc(O)c1. The number of halogens is 1. The predicted octanol–water partition coefficient (Wildman–Crippen LogP) is 2.20. The van der Waals surface area contributed by atoms with Gasteiger partial charge in [0.15, 0.2) is 0 Å². The minimum absolute atomic E-state index is 0.0557. The summed E-state index contributed by atoms with van der Waals surface area (Å²) in [4.78, 5) is 19.5. The fourth-order valence-electron chi connectivity index (χ4n) is 1.21. The van der Waals surface area contributed by atoms with E-state index in [0.717, 1.165) is 4.47 Å². The highest BCUT2D eigenvalue weighted by atomic mass is 79.9. The number of carbonyl (C=O) groups excluding carboxylic acids is 1. The van der Waals surface area contributed by atoms with Gasteiger partial charge in [0.25, 0.3) is 5.91 Å². The average molecular weight is 294 g/mol. The zero-order valence-corrected chi connectivity index (χ0v) is 10.2. The Morgan fingerprint density at radius 3 is 2.88 bits per heavy atom. The van der Waals surface area contributed by atoms with Gasteiger partial charge in [-0.2, -0.15) is 0 Å². The van der Waals surface area contributed by atoms with Crippen molar-refractivity contribution in [3.8, 4) is 5.75 Å². The Labute approximate surface area is 106 Å². The van der Waals surface area contributed by atoms with E-state index in [1.54, 1.807) is 18.3 Å². The number of rotatable bonds is 2. The molecule has 0 saturated heterocycles. The lowest BCUT2D eigenvalue weighted by Gasteiger charge is -2.04. The number of hydrogen-bond donors (Lipinski definition) is 2. The van der Waals surface area contributed by atoms with Gasteiger partial charge in [0.2, 0.25) is 0 Å². The highest BCUT2D eigenvalue weighted by Gasteiger charge is 2.08. The monoisotopic (exact) mass is 293 g/mol. The molecule has 1 amide bonds. The number of amides is 1. The first-order chi connectivity index (χ1) is 8.15. The van der Waals surface area contributed by atoms with Gasteiger partial charge < -0.3 is 10.4 Å². The average Bonchev–Trinajstić information content (AvgIpc) is 2.29. The Morgan fingerprint density at radius 2 is 2.18 bits per heavy atom. The van der Waals surface area contributed by atoms with Crippen LogP contribution in [0.3, 0.4) is 0 Å². The maximum Gasteiger partial charge on any atom is 0.258 e. The van der Waals surface area contributed by atoms with Crippen LogP contribution >= 0.6 is 15.9 Å². The minimum atomic E-state index is -0.376. The number of nitrogens with one attached hydrogen (secondary N) is 1. The van der Waals surface area contributed by atoms with Crippen LogP contribution in [0, 0.1) is 0 Å². The number of pyridine rings is 2. The molecule has 0 unspecified atom stereocenters. The molecule has 0 spiro atoms. The van der Waals surface area contributed by atoms with Crippen molar-refractivity contribution in [1.29, 1.82) is 0 Å². The molecule has 2 rings (SSSR count). The van der Waals surface area contributed by atoms with Crippen LogP contribution in [0.5, 0.6) is 5.75 Å². The summed E-state index contributed by atoms with van der Waals surface area (Å²) in [5, 5.41) is 11.8. The van der Waals surface area contributed by atoms with Crippen molar-refractivity contribution < 1.29 is 9.90 Å². The highest BCUT2D eigenvalue weighted by Crippen LogP contribution is 2.14. The Balaban J connectivity index is 2.17. The van der Waals surface area contributed by atoms with Gasteiger partial charge in [-0.3, -0.25) is 9.78 Å². The van der Waals surface area contributed by atoms with Crippen LogP contribution in [0.25, 0.3) is 0 Å². The van der Waals surface area contributed by atoms with Gasteiger partial charge >= 0.3 is 0 Å². The minimum Gasteiger partial charge on any atom is -0.506 e. The molecule has 6 heteroatoms. The predicted molar refractivity (Wildman–Crippen MR) is 65.8 cm³/mol. The quantitative estimate of drug-likeness (QED) is 0.890. The van der Waals surface area contributed by atoms with E-state index in [1.165, 1.54) is 18.5 Å². The molecule has 2 heterocycles. The lowest BCUT2D eigenvalue weighted by Crippen LogP contribution is -2.12. The summed E-state index contributed by atoms with van der Waals surface area (Å²) in [6.07, 6.45) is 4.20. The topological polar surface area (TPSA) is 75.1 Å². The number of nitrogens with zero attached hydrogens (tertiary/aromatic N) is 2. The molecule has 0 aliphatic heterocycles. The van der Waals surface area contributed by atoms with Crippen molar-refractivity contribution in [2.24, 2.45) is 0 Å². The van der Waals surface area contributed by atoms with Crippen molar-refractivity contribution in [3.05, 3.63) is 46.8 Å². The van der Waals surface area contributed by atoms with Crippen molar-refractivity contribution in [2.45, 2.75) is 0 Å². The van der Waals surface area contributed by atoms with E-state index in [-0.39, 0.29) is 17.2 Å². The maximum absolute atomic E-state index is 11.8. The zero-order valence-electron chi connectivity index (χ0n) is 8.59. The van der Waals surface area contributed by atoms with E-state index in [4.69, 9.17) is 0 Å². The third-order valence-corrected chi connectivity index (χ3v) is 2.44. The fourth-order valence-corrected chi connectivity index (χ4v) is 1.55. The molecule has 0 aliphatic carbocycles. The lowest BCUT2D eigenvalue weighted by atomic mass is 10.2. The Morgan fingerprint density at radius 1 is 1.35 bits per heavy atom. The second kappa shape index (κ2) is 4.92. The van der Waals surface area contributed by atoms with Crippen LogP contribution in [0.1, 0.15) is 10.4 Å². The van der Waals surface area contributed by atoms with Gasteiger partial charge in [0, 0.05) is 16.9 Å². The first kappa shape index (κ1) is 11.5. The molecule has 0 atom stereocenters. The van der Waals surface area contributed by atoms with Crippen LogP contribution in [-0.2, 0) is 0 Å². The fraction of sp³-hybridized carbons (Fsp3) is 0. The van der Waals surface area contributed by atoms with Gasteiger partial charge in [0.1, 0.15) is 11.6 Å². The van der Waals surface area contributed by atoms with Gasteiger partial charge in [-0.15, -0.1) is 0 Å². The molecule has 0 radical (unpaired) electrons. The molecule has 0 aliphatic rings. The summed E-state index contributed by atoms with van der Waals surface area (Å²) in [5.41, 5.74) is 0.270. The van der Waals surface area contributed by atoms with E-state index in [0.29, 0.717) is 5.82 Å². The van der Waals surface area contributed by atoms with Gasteiger partial charge in [-0.05, 0) is 18.2 Å². The van der Waals surface area contributed by atoms with E-state index in [9.17, 15) is 9.90 Å². The molecule has 0 fully saturated rings. The Bertz CT molecular complexity index is 560. The van der Waals surface area contributed by atoms with Crippen molar-refractivity contribution in [2.75, 3.05) is 5.32 Å². The standard InChI is InChI=1S/C11H8BrN3O2/c12-8-1-2-14-10(4-8)15-11(17)7-3-9(16)6-13-5-7/h1-6,16H,(H,14,15,17). The van der Waals surface area contributed by atoms with E-state index >= 15 is 0 Å². The van der Waals surface area contributed by atoms with Gasteiger partial charge in [0.05, 0.1) is 11.8 Å². The molecular weight excluding hydrogens is 286 g/mol. The summed E-state index contributed by atoms with van der Waals surface area (Å²) in [5.74, 6) is -0.00781. The van der Waals surface area contributed by atoms with Crippen LogP contribution in [0.4, 0.5) is 5.82 Å². The number of carbonyl (C=O) groups is 1. The molecule has 17 heavy (non-hydrogen) atoms. The van der Waals surface area contributed by atoms with Crippen LogP contribution in [0.2, 0.25) is 0 Å². The smallest absolute Gasteiger partial charge is 0.258 e. The molecule has 5 nitrogen and oxygen atoms in total. The number of anilines is 1. The van der Waals surface area contributed by atoms with E-state index < -0.39 is 0 Å². The van der Waals surface area contributed by atoms with Crippen molar-refractivity contribution in [1.82, 2.24) is 9.97 Å². The van der Waals surface area contributed by atoms with Gasteiger partial charge in [-0.25, -0.2) is 4.98 Å². The molecule has 2 N–H and O–H groups in total. The van der Waals surface area contributed by atoms with Crippen LogP contribution in [-0.4, -0.2) is 21.0 Å². The number of aromatic hydroxyl groups is 1. The van der Waals surface area contributed by atoms with Crippen molar-refractivity contribution in [3.63, 3.8) is 0 Å². The Kier molecular flexibility index (Phi) is 3.34. The number of hydrogen-bond acceptors (Lipinski definition) is 4. The Hall–Kier alpha value is -1.95. The van der Waals surface area contributed by atoms with Crippen LogP contribution in [0.15, 0.2) is 41.3 Å². The van der Waals surface area contributed by atoms with E-state index in [2.05, 4.69) is 31.2 Å². The molecule has 2 aromatic heterocycles. The summed E-state index contributed by atoms with van der Waals surface area (Å²) in [6.45, 7) is 0. The number of aromatic nitrogens is 2. The third kappa shape index (κ3) is 3.01. The molecule has 0 bridgehead atoms. The first-order valence-corrected chi connectivity index (χ1v) is 5.51. The lowest BCUT2D eigenvalue weighted by molar-refractivity contribution is 0.102. The van der Waals surface area contributed by atoms with Gasteiger partial charge in [-0.1, -0.05) is 15.9 Å². The van der Waals surface area contributed by atoms with Crippen molar-refractivity contribution >= 4 is 27.7 Å². The third-order valence-electron chi connectivity index (χ3n) is 1.95. The van der Waals surface area contributed by atoms with Crippen LogP contribution < -0.4 is 5.32 Å². The zero-order chi connectivity index (χ0) is 12.3. The molecule has 0 aromatic carbocycles. The maximum atomic E-state index is 11.8. The molecule has 2 aromatic rings. The normalized spacial score (nSPS) is 9.94. The largest absolute Gasteiger partial charge is 0.506 e. The molecular formula is C11H8BrN3O2. The highest BCUT2D eigenvalue weighted by molar-refractivity contribution is 9.10. The summed E-state index contributed by atoms with van der Waals surface area (Å²) < 4.78 is 0.817. The molecule has 86 valence electrons. The summed E-state index contributed by atoms with van der Waals surface area (Å²) in [6, 6.07) is 4.76. The summed E-state index contributed by atoms with van der Waals surface area (Å²) in [7, 11) is 0. The summed E-state index contributed by atoms with van der Waals surface area (Å²) >= 11 is 3.28. The second-order valence-corrected chi connectivity index (χ2v) is 4.16. The van der Waals surface area contributed by atoms with E-state index in [1.807, 2.05) is 0 Å².